The van der Waals surface area contributed by atoms with E-state index in [1.54, 1.807) is 11.3 Å². The Morgan fingerprint density at radius 3 is 2.79 bits per heavy atom. The monoisotopic (exact) mass is 206 g/mol. The lowest BCUT2D eigenvalue weighted by Crippen LogP contribution is -2.18. The minimum absolute atomic E-state index is 0.288. The highest BCUT2D eigenvalue weighted by atomic mass is 32.1. The standard InChI is InChI=1S/C11H14N2S/c1-8-6-14-7-9(8)11(12-2)10-4-3-5-13-10/h3-7,11-13H,1-2H3. The van der Waals surface area contributed by atoms with Crippen LogP contribution in [0, 0.1) is 6.92 Å². The zero-order valence-corrected chi connectivity index (χ0v) is 9.19. The van der Waals surface area contributed by atoms with Crippen LogP contribution in [0.3, 0.4) is 0 Å². The zero-order chi connectivity index (χ0) is 9.97. The van der Waals surface area contributed by atoms with Crippen LogP contribution in [0.25, 0.3) is 0 Å². The summed E-state index contributed by atoms with van der Waals surface area (Å²) >= 11 is 1.75. The lowest BCUT2D eigenvalue weighted by Gasteiger charge is -2.14. The molecule has 1 atom stereocenters. The molecule has 0 aliphatic rings. The lowest BCUT2D eigenvalue weighted by atomic mass is 10.0. The Morgan fingerprint density at radius 1 is 1.43 bits per heavy atom. The van der Waals surface area contributed by atoms with Gasteiger partial charge >= 0.3 is 0 Å². The van der Waals surface area contributed by atoms with Crippen molar-refractivity contribution in [2.75, 3.05) is 7.05 Å². The van der Waals surface area contributed by atoms with E-state index in [9.17, 15) is 0 Å². The second-order valence-electron chi connectivity index (χ2n) is 3.36. The number of aromatic nitrogens is 1. The van der Waals surface area contributed by atoms with Crippen molar-refractivity contribution in [3.8, 4) is 0 Å². The molecule has 74 valence electrons. The van der Waals surface area contributed by atoms with E-state index in [2.05, 4.69) is 34.1 Å². The average Bonchev–Trinajstić information content (AvgIpc) is 2.80. The summed E-state index contributed by atoms with van der Waals surface area (Å²) in [7, 11) is 1.99. The zero-order valence-electron chi connectivity index (χ0n) is 8.37. The van der Waals surface area contributed by atoms with E-state index in [0.717, 1.165) is 0 Å². The molecular weight excluding hydrogens is 192 g/mol. The molecule has 0 amide bonds. The highest BCUT2D eigenvalue weighted by molar-refractivity contribution is 7.08. The minimum atomic E-state index is 0.288. The van der Waals surface area contributed by atoms with E-state index in [0.29, 0.717) is 0 Å². The predicted molar refractivity (Wildman–Crippen MR) is 60.8 cm³/mol. The lowest BCUT2D eigenvalue weighted by molar-refractivity contribution is 0.674. The van der Waals surface area contributed by atoms with Crippen LogP contribution in [-0.4, -0.2) is 12.0 Å². The molecule has 0 spiro atoms. The van der Waals surface area contributed by atoms with Crippen LogP contribution in [0.4, 0.5) is 0 Å². The Balaban J connectivity index is 2.36. The summed E-state index contributed by atoms with van der Waals surface area (Å²) in [4.78, 5) is 3.25. The van der Waals surface area contributed by atoms with Crippen LogP contribution in [0.5, 0.6) is 0 Å². The Kier molecular flexibility index (Phi) is 2.70. The molecule has 1 unspecified atom stereocenters. The van der Waals surface area contributed by atoms with Crippen LogP contribution in [-0.2, 0) is 0 Å². The summed E-state index contributed by atoms with van der Waals surface area (Å²) in [6, 6.07) is 4.43. The molecule has 0 aromatic carbocycles. The molecule has 2 nitrogen and oxygen atoms in total. The fourth-order valence-electron chi connectivity index (χ4n) is 1.67. The van der Waals surface area contributed by atoms with Crippen molar-refractivity contribution < 1.29 is 0 Å². The maximum Gasteiger partial charge on any atom is 0.0737 e. The first-order valence-electron chi connectivity index (χ1n) is 4.66. The van der Waals surface area contributed by atoms with Crippen LogP contribution in [0.1, 0.15) is 22.9 Å². The second kappa shape index (κ2) is 3.98. The number of hydrogen-bond donors (Lipinski definition) is 2. The molecule has 0 radical (unpaired) electrons. The molecule has 0 aliphatic heterocycles. The van der Waals surface area contributed by atoms with Gasteiger partial charge in [-0.05, 0) is 48.0 Å². The largest absolute Gasteiger partial charge is 0.363 e. The van der Waals surface area contributed by atoms with Crippen LogP contribution >= 0.6 is 11.3 Å². The van der Waals surface area contributed by atoms with Gasteiger partial charge in [0.1, 0.15) is 0 Å². The molecule has 3 heteroatoms. The predicted octanol–water partition coefficient (Wildman–Crippen LogP) is 2.69. The quantitative estimate of drug-likeness (QED) is 0.794. The molecule has 2 heterocycles. The summed E-state index contributed by atoms with van der Waals surface area (Å²) < 4.78 is 0. The molecule has 0 saturated carbocycles. The third-order valence-corrected chi connectivity index (χ3v) is 3.31. The van der Waals surface area contributed by atoms with Gasteiger partial charge < -0.3 is 10.3 Å². The van der Waals surface area contributed by atoms with Gasteiger partial charge in [-0.2, -0.15) is 11.3 Å². The Hall–Kier alpha value is -1.06. The fourth-order valence-corrected chi connectivity index (χ4v) is 2.55. The first kappa shape index (κ1) is 9.49. The number of aryl methyl sites for hydroxylation is 1. The number of rotatable bonds is 3. The number of thiophene rings is 1. The Bertz CT molecular complexity index is 389. The van der Waals surface area contributed by atoms with Crippen LogP contribution in [0.2, 0.25) is 0 Å². The number of H-pyrrole nitrogens is 1. The van der Waals surface area contributed by atoms with Crippen molar-refractivity contribution in [1.82, 2.24) is 10.3 Å². The van der Waals surface area contributed by atoms with E-state index >= 15 is 0 Å². The average molecular weight is 206 g/mol. The third-order valence-electron chi connectivity index (χ3n) is 2.43. The minimum Gasteiger partial charge on any atom is -0.363 e. The van der Waals surface area contributed by atoms with Gasteiger partial charge in [0.05, 0.1) is 6.04 Å². The molecule has 2 rings (SSSR count). The van der Waals surface area contributed by atoms with Gasteiger partial charge in [0.2, 0.25) is 0 Å². The molecule has 0 aliphatic carbocycles. The summed E-state index contributed by atoms with van der Waals surface area (Å²) in [5.41, 5.74) is 3.93. The van der Waals surface area contributed by atoms with E-state index in [1.165, 1.54) is 16.8 Å². The highest BCUT2D eigenvalue weighted by Gasteiger charge is 2.14. The molecule has 2 N–H and O–H groups in total. The van der Waals surface area contributed by atoms with Gasteiger partial charge in [-0.25, -0.2) is 0 Å². The van der Waals surface area contributed by atoms with Crippen molar-refractivity contribution in [3.63, 3.8) is 0 Å². The van der Waals surface area contributed by atoms with Crippen LogP contribution < -0.4 is 5.32 Å². The summed E-state index contributed by atoms with van der Waals surface area (Å²) in [6.45, 7) is 2.15. The summed E-state index contributed by atoms with van der Waals surface area (Å²) in [5.74, 6) is 0. The summed E-state index contributed by atoms with van der Waals surface area (Å²) in [5, 5.41) is 7.71. The smallest absolute Gasteiger partial charge is 0.0737 e. The molecule has 14 heavy (non-hydrogen) atoms. The third kappa shape index (κ3) is 1.61. The van der Waals surface area contributed by atoms with Gasteiger partial charge in [-0.15, -0.1) is 0 Å². The second-order valence-corrected chi connectivity index (χ2v) is 4.10. The fraction of sp³-hybridized carbons (Fsp3) is 0.273. The van der Waals surface area contributed by atoms with E-state index in [-0.39, 0.29) is 6.04 Å². The van der Waals surface area contributed by atoms with E-state index in [4.69, 9.17) is 0 Å². The van der Waals surface area contributed by atoms with Crippen molar-refractivity contribution in [1.29, 1.82) is 0 Å². The van der Waals surface area contributed by atoms with E-state index in [1.807, 2.05) is 19.3 Å². The molecule has 2 aromatic rings. The Morgan fingerprint density at radius 2 is 2.29 bits per heavy atom. The molecule has 2 aromatic heterocycles. The van der Waals surface area contributed by atoms with Crippen molar-refractivity contribution in [2.45, 2.75) is 13.0 Å². The van der Waals surface area contributed by atoms with E-state index < -0.39 is 0 Å². The molecule has 0 saturated heterocycles. The van der Waals surface area contributed by atoms with Gasteiger partial charge in [0, 0.05) is 11.9 Å². The molecule has 0 bridgehead atoms. The topological polar surface area (TPSA) is 27.8 Å². The van der Waals surface area contributed by atoms with Gasteiger partial charge in [0.25, 0.3) is 0 Å². The maximum absolute atomic E-state index is 3.32. The molecule has 0 fully saturated rings. The van der Waals surface area contributed by atoms with Gasteiger partial charge in [-0.1, -0.05) is 0 Å². The SMILES string of the molecule is CNC(c1ccc[nH]1)c1cscc1C. The van der Waals surface area contributed by atoms with Crippen molar-refractivity contribution in [3.05, 3.63) is 45.9 Å². The van der Waals surface area contributed by atoms with Crippen molar-refractivity contribution >= 4 is 11.3 Å². The molecular formula is C11H14N2S. The number of aromatic amines is 1. The first-order valence-corrected chi connectivity index (χ1v) is 5.60. The first-order chi connectivity index (χ1) is 6.83. The normalized spacial score (nSPS) is 13.0. The maximum atomic E-state index is 3.32. The number of hydrogen-bond acceptors (Lipinski definition) is 2. The van der Waals surface area contributed by atoms with Crippen LogP contribution in [0.15, 0.2) is 29.1 Å². The van der Waals surface area contributed by atoms with Crippen molar-refractivity contribution in [2.24, 2.45) is 0 Å². The van der Waals surface area contributed by atoms with Gasteiger partial charge in [-0.3, -0.25) is 0 Å². The Labute approximate surface area is 88.0 Å². The number of nitrogens with one attached hydrogen (secondary N) is 2. The highest BCUT2D eigenvalue weighted by Crippen LogP contribution is 2.25. The summed E-state index contributed by atoms with van der Waals surface area (Å²) in [6.07, 6.45) is 1.96. The van der Waals surface area contributed by atoms with Gasteiger partial charge in [0.15, 0.2) is 0 Å².